The van der Waals surface area contributed by atoms with E-state index >= 15 is 0 Å². The van der Waals surface area contributed by atoms with Gasteiger partial charge < -0.3 is 14.6 Å². The summed E-state index contributed by atoms with van der Waals surface area (Å²) in [6.07, 6.45) is 4.78. The molecule has 0 aliphatic heterocycles. The lowest BCUT2D eigenvalue weighted by atomic mass is 10.2. The Labute approximate surface area is 138 Å². The first kappa shape index (κ1) is 15.8. The molecule has 0 aliphatic carbocycles. The quantitative estimate of drug-likeness (QED) is 0.676. The van der Waals surface area contributed by atoms with E-state index < -0.39 is 0 Å². The molecule has 0 saturated carbocycles. The summed E-state index contributed by atoms with van der Waals surface area (Å²) >= 11 is 0. The number of ether oxygens (including phenoxy) is 1. The smallest absolute Gasteiger partial charge is 0.251 e. The van der Waals surface area contributed by atoms with Crippen molar-refractivity contribution >= 4 is 5.91 Å². The topological polar surface area (TPSA) is 99.8 Å². The molecule has 3 rings (SSSR count). The van der Waals surface area contributed by atoms with Gasteiger partial charge in [-0.05, 0) is 18.2 Å². The van der Waals surface area contributed by atoms with Crippen LogP contribution in [0.4, 0.5) is 0 Å². The Balaban J connectivity index is 1.65. The van der Waals surface area contributed by atoms with Crippen LogP contribution in [0.1, 0.15) is 16.2 Å². The molecule has 0 aliphatic rings. The van der Waals surface area contributed by atoms with E-state index in [1.54, 1.807) is 42.8 Å². The maximum Gasteiger partial charge on any atom is 0.251 e. The zero-order valence-corrected chi connectivity index (χ0v) is 13.2. The van der Waals surface area contributed by atoms with Crippen LogP contribution in [0.25, 0.3) is 5.69 Å². The molecule has 124 valence electrons. The molecule has 9 nitrogen and oxygen atoms in total. The van der Waals surface area contributed by atoms with Gasteiger partial charge in [-0.2, -0.15) is 0 Å². The molecule has 2 aromatic heterocycles. The molecule has 0 atom stereocenters. The number of nitrogens with zero attached hydrogens (tertiary/aromatic N) is 6. The van der Waals surface area contributed by atoms with Crippen LogP contribution in [0.2, 0.25) is 0 Å². The van der Waals surface area contributed by atoms with Gasteiger partial charge in [0.05, 0.1) is 13.2 Å². The minimum atomic E-state index is -0.189. The standard InChI is InChI=1S/C15H17N7O2/c1-24-6-5-21-11-19-20-14(21)8-16-15(23)12-3-2-4-13(7-12)22-9-17-18-10-22/h2-4,7,9-11H,5-6,8H2,1H3,(H,16,23). The molecule has 0 spiro atoms. The average Bonchev–Trinajstić information content (AvgIpc) is 3.29. The van der Waals surface area contributed by atoms with E-state index in [2.05, 4.69) is 25.7 Å². The predicted octanol–water partition coefficient (Wildman–Crippen LogP) is 0.435. The number of nitrogens with one attached hydrogen (secondary N) is 1. The summed E-state index contributed by atoms with van der Waals surface area (Å²) in [5.74, 6) is 0.488. The number of aromatic nitrogens is 6. The van der Waals surface area contributed by atoms with Crippen molar-refractivity contribution in [2.45, 2.75) is 13.1 Å². The van der Waals surface area contributed by atoms with Gasteiger partial charge >= 0.3 is 0 Å². The molecule has 0 radical (unpaired) electrons. The first-order valence-electron chi connectivity index (χ1n) is 7.37. The first-order chi connectivity index (χ1) is 11.8. The Kier molecular flexibility index (Phi) is 4.92. The first-order valence-corrected chi connectivity index (χ1v) is 7.37. The van der Waals surface area contributed by atoms with Crippen molar-refractivity contribution in [3.8, 4) is 5.69 Å². The normalized spacial score (nSPS) is 10.7. The Morgan fingerprint density at radius 2 is 2.04 bits per heavy atom. The van der Waals surface area contributed by atoms with Crippen molar-refractivity contribution in [2.24, 2.45) is 0 Å². The predicted molar refractivity (Wildman–Crippen MR) is 84.4 cm³/mol. The van der Waals surface area contributed by atoms with Crippen LogP contribution in [0, 0.1) is 0 Å². The van der Waals surface area contributed by atoms with Gasteiger partial charge in [-0.3, -0.25) is 9.36 Å². The number of hydrogen-bond acceptors (Lipinski definition) is 6. The Morgan fingerprint density at radius 3 is 2.83 bits per heavy atom. The van der Waals surface area contributed by atoms with Crippen LogP contribution in [-0.2, 0) is 17.8 Å². The summed E-state index contributed by atoms with van der Waals surface area (Å²) in [5.41, 5.74) is 1.36. The second-order valence-electron chi connectivity index (χ2n) is 5.04. The lowest BCUT2D eigenvalue weighted by Crippen LogP contribution is -2.25. The van der Waals surface area contributed by atoms with Gasteiger partial charge in [0.15, 0.2) is 5.82 Å². The maximum absolute atomic E-state index is 12.4. The number of carbonyl (C=O) groups is 1. The van der Waals surface area contributed by atoms with Crippen LogP contribution in [0.5, 0.6) is 0 Å². The summed E-state index contributed by atoms with van der Waals surface area (Å²) < 4.78 is 8.62. The fourth-order valence-corrected chi connectivity index (χ4v) is 2.20. The van der Waals surface area contributed by atoms with Crippen LogP contribution in [0.3, 0.4) is 0 Å². The minimum absolute atomic E-state index is 0.189. The SMILES string of the molecule is COCCn1cnnc1CNC(=O)c1cccc(-n2cnnc2)c1. The van der Waals surface area contributed by atoms with Gasteiger partial charge in [0.2, 0.25) is 0 Å². The van der Waals surface area contributed by atoms with Gasteiger partial charge in [-0.1, -0.05) is 6.07 Å². The van der Waals surface area contributed by atoms with E-state index in [9.17, 15) is 4.79 Å². The summed E-state index contributed by atoms with van der Waals surface area (Å²) in [5, 5.41) is 18.2. The van der Waals surface area contributed by atoms with Crippen LogP contribution in [-0.4, -0.2) is 49.2 Å². The van der Waals surface area contributed by atoms with Crippen molar-refractivity contribution < 1.29 is 9.53 Å². The minimum Gasteiger partial charge on any atom is -0.383 e. The number of amides is 1. The highest BCUT2D eigenvalue weighted by atomic mass is 16.5. The lowest BCUT2D eigenvalue weighted by Gasteiger charge is -2.08. The van der Waals surface area contributed by atoms with Gasteiger partial charge in [0.1, 0.15) is 19.0 Å². The molecule has 0 bridgehead atoms. The molecule has 0 unspecified atom stereocenters. The summed E-state index contributed by atoms with van der Waals surface area (Å²) in [7, 11) is 1.63. The fourth-order valence-electron chi connectivity index (χ4n) is 2.20. The van der Waals surface area contributed by atoms with Crippen molar-refractivity contribution in [2.75, 3.05) is 13.7 Å². The van der Waals surface area contributed by atoms with E-state index in [4.69, 9.17) is 4.74 Å². The van der Waals surface area contributed by atoms with Crippen LogP contribution in [0.15, 0.2) is 43.2 Å². The number of rotatable bonds is 7. The third-order valence-electron chi connectivity index (χ3n) is 3.46. The summed E-state index contributed by atoms with van der Waals surface area (Å²) in [6, 6.07) is 7.21. The monoisotopic (exact) mass is 327 g/mol. The van der Waals surface area contributed by atoms with Crippen LogP contribution < -0.4 is 5.32 Å². The zero-order valence-electron chi connectivity index (χ0n) is 13.2. The van der Waals surface area contributed by atoms with E-state index in [0.29, 0.717) is 31.1 Å². The third kappa shape index (κ3) is 3.63. The highest BCUT2D eigenvalue weighted by Gasteiger charge is 2.10. The molecule has 24 heavy (non-hydrogen) atoms. The fraction of sp³-hybridized carbons (Fsp3) is 0.267. The Bertz CT molecular complexity index is 798. The largest absolute Gasteiger partial charge is 0.383 e. The highest BCUT2D eigenvalue weighted by molar-refractivity contribution is 5.94. The Hall–Kier alpha value is -3.07. The lowest BCUT2D eigenvalue weighted by molar-refractivity contribution is 0.0949. The molecule has 0 fully saturated rings. The van der Waals surface area contributed by atoms with Crippen molar-refractivity contribution in [1.29, 1.82) is 0 Å². The second-order valence-corrected chi connectivity index (χ2v) is 5.04. The zero-order chi connectivity index (χ0) is 16.8. The number of benzene rings is 1. The molecule has 9 heteroatoms. The molecule has 1 N–H and O–H groups in total. The van der Waals surface area contributed by atoms with E-state index in [1.165, 1.54) is 0 Å². The van der Waals surface area contributed by atoms with E-state index in [0.717, 1.165) is 5.69 Å². The second kappa shape index (κ2) is 7.47. The molecule has 2 heterocycles. The summed E-state index contributed by atoms with van der Waals surface area (Å²) in [6.45, 7) is 1.48. The Morgan fingerprint density at radius 1 is 1.21 bits per heavy atom. The van der Waals surface area contributed by atoms with Gasteiger partial charge in [-0.15, -0.1) is 20.4 Å². The average molecular weight is 327 g/mol. The summed E-state index contributed by atoms with van der Waals surface area (Å²) in [4.78, 5) is 12.4. The molecule has 1 amide bonds. The van der Waals surface area contributed by atoms with Gasteiger partial charge in [0, 0.05) is 24.9 Å². The molecule has 3 aromatic rings. The number of hydrogen-bond donors (Lipinski definition) is 1. The van der Waals surface area contributed by atoms with E-state index in [1.807, 2.05) is 16.7 Å². The third-order valence-corrected chi connectivity index (χ3v) is 3.46. The van der Waals surface area contributed by atoms with Crippen molar-refractivity contribution in [3.05, 3.63) is 54.6 Å². The molecule has 1 aromatic carbocycles. The number of methoxy groups -OCH3 is 1. The molecular weight excluding hydrogens is 310 g/mol. The number of carbonyl (C=O) groups excluding carboxylic acids is 1. The van der Waals surface area contributed by atoms with Crippen LogP contribution >= 0.6 is 0 Å². The van der Waals surface area contributed by atoms with Gasteiger partial charge in [-0.25, -0.2) is 0 Å². The molecular formula is C15H17N7O2. The van der Waals surface area contributed by atoms with Crippen molar-refractivity contribution in [3.63, 3.8) is 0 Å². The van der Waals surface area contributed by atoms with Gasteiger partial charge in [0.25, 0.3) is 5.91 Å². The molecule has 0 saturated heterocycles. The maximum atomic E-state index is 12.4. The van der Waals surface area contributed by atoms with E-state index in [-0.39, 0.29) is 5.91 Å². The highest BCUT2D eigenvalue weighted by Crippen LogP contribution is 2.10. The van der Waals surface area contributed by atoms with Crippen molar-refractivity contribution in [1.82, 2.24) is 34.8 Å².